The SMILES string of the molecule is Cc1csc(C(=O)NCc2cn[nH]c2N)c1Cl. The Balaban J connectivity index is 2.03. The molecule has 4 N–H and O–H groups in total. The summed E-state index contributed by atoms with van der Waals surface area (Å²) in [6, 6.07) is 0. The van der Waals surface area contributed by atoms with Gasteiger partial charge in [-0.25, -0.2) is 0 Å². The van der Waals surface area contributed by atoms with Crippen LogP contribution in [0.15, 0.2) is 11.6 Å². The van der Waals surface area contributed by atoms with Gasteiger partial charge in [0, 0.05) is 12.1 Å². The van der Waals surface area contributed by atoms with Crippen LogP contribution in [0.2, 0.25) is 5.02 Å². The molecule has 0 aliphatic heterocycles. The first kappa shape index (κ1) is 11.9. The van der Waals surface area contributed by atoms with E-state index in [0.717, 1.165) is 11.1 Å². The lowest BCUT2D eigenvalue weighted by atomic mass is 10.3. The number of hydrogen-bond donors (Lipinski definition) is 3. The minimum atomic E-state index is -0.200. The third-order valence-corrected chi connectivity index (χ3v) is 3.99. The van der Waals surface area contributed by atoms with E-state index < -0.39 is 0 Å². The normalized spacial score (nSPS) is 10.5. The fourth-order valence-corrected chi connectivity index (χ4v) is 2.50. The van der Waals surface area contributed by atoms with Crippen LogP contribution in [0.5, 0.6) is 0 Å². The van der Waals surface area contributed by atoms with E-state index in [1.807, 2.05) is 12.3 Å². The average molecular weight is 271 g/mol. The predicted molar refractivity (Wildman–Crippen MR) is 68.2 cm³/mol. The molecule has 0 saturated heterocycles. The van der Waals surface area contributed by atoms with Crippen LogP contribution in [0.3, 0.4) is 0 Å². The highest BCUT2D eigenvalue weighted by Crippen LogP contribution is 2.26. The smallest absolute Gasteiger partial charge is 0.263 e. The topological polar surface area (TPSA) is 83.8 Å². The number of anilines is 1. The molecule has 0 aromatic carbocycles. The van der Waals surface area contributed by atoms with E-state index in [1.54, 1.807) is 6.20 Å². The van der Waals surface area contributed by atoms with Crippen LogP contribution in [-0.4, -0.2) is 16.1 Å². The lowest BCUT2D eigenvalue weighted by molar-refractivity contribution is 0.0955. The summed E-state index contributed by atoms with van der Waals surface area (Å²) in [7, 11) is 0. The largest absolute Gasteiger partial charge is 0.384 e. The van der Waals surface area contributed by atoms with Gasteiger partial charge in [0.2, 0.25) is 0 Å². The van der Waals surface area contributed by atoms with Gasteiger partial charge in [-0.3, -0.25) is 9.89 Å². The Kier molecular flexibility index (Phi) is 3.35. The molecule has 0 spiro atoms. The lowest BCUT2D eigenvalue weighted by Crippen LogP contribution is -2.22. The van der Waals surface area contributed by atoms with Crippen LogP contribution in [0.4, 0.5) is 5.82 Å². The minimum Gasteiger partial charge on any atom is -0.384 e. The number of aryl methyl sites for hydroxylation is 1. The van der Waals surface area contributed by atoms with E-state index >= 15 is 0 Å². The highest BCUT2D eigenvalue weighted by molar-refractivity contribution is 7.13. The Hall–Kier alpha value is -1.53. The van der Waals surface area contributed by atoms with Crippen molar-refractivity contribution in [1.29, 1.82) is 0 Å². The lowest BCUT2D eigenvalue weighted by Gasteiger charge is -2.03. The highest BCUT2D eigenvalue weighted by Gasteiger charge is 2.14. The number of aromatic nitrogens is 2. The molecule has 2 aromatic rings. The van der Waals surface area contributed by atoms with Crippen molar-refractivity contribution in [2.24, 2.45) is 0 Å². The molecule has 0 saturated carbocycles. The second-order valence-electron chi connectivity index (χ2n) is 3.55. The highest BCUT2D eigenvalue weighted by atomic mass is 35.5. The van der Waals surface area contributed by atoms with Crippen LogP contribution < -0.4 is 11.1 Å². The Morgan fingerprint density at radius 2 is 2.47 bits per heavy atom. The van der Waals surface area contributed by atoms with Crippen molar-refractivity contribution >= 4 is 34.7 Å². The first-order valence-electron chi connectivity index (χ1n) is 4.89. The number of H-pyrrole nitrogens is 1. The third kappa shape index (κ3) is 2.42. The number of rotatable bonds is 3. The number of hydrogen-bond acceptors (Lipinski definition) is 4. The summed E-state index contributed by atoms with van der Waals surface area (Å²) in [4.78, 5) is 12.3. The quantitative estimate of drug-likeness (QED) is 0.797. The van der Waals surface area contributed by atoms with Crippen molar-refractivity contribution < 1.29 is 4.79 Å². The maximum atomic E-state index is 11.8. The molecule has 0 aliphatic rings. The molecule has 0 radical (unpaired) electrons. The second-order valence-corrected chi connectivity index (χ2v) is 4.81. The number of nitrogens with zero attached hydrogens (tertiary/aromatic N) is 1. The first-order valence-corrected chi connectivity index (χ1v) is 6.15. The van der Waals surface area contributed by atoms with Crippen molar-refractivity contribution in [3.8, 4) is 0 Å². The van der Waals surface area contributed by atoms with Gasteiger partial charge in [-0.15, -0.1) is 11.3 Å². The number of nitrogens with one attached hydrogen (secondary N) is 2. The molecule has 7 heteroatoms. The maximum Gasteiger partial charge on any atom is 0.263 e. The minimum absolute atomic E-state index is 0.200. The van der Waals surface area contributed by atoms with E-state index in [2.05, 4.69) is 15.5 Å². The van der Waals surface area contributed by atoms with Gasteiger partial charge >= 0.3 is 0 Å². The molecule has 2 aromatic heterocycles. The molecular formula is C10H11ClN4OS. The van der Waals surface area contributed by atoms with Gasteiger partial charge in [-0.1, -0.05) is 11.6 Å². The number of nitrogen functional groups attached to an aromatic ring is 1. The van der Waals surface area contributed by atoms with Crippen molar-refractivity contribution in [1.82, 2.24) is 15.5 Å². The summed E-state index contributed by atoms with van der Waals surface area (Å²) in [5, 5.41) is 11.5. The van der Waals surface area contributed by atoms with Crippen LogP contribution in [0.25, 0.3) is 0 Å². The molecule has 0 unspecified atom stereocenters. The number of amides is 1. The summed E-state index contributed by atoms with van der Waals surface area (Å²) in [5.41, 5.74) is 7.27. The first-order chi connectivity index (χ1) is 8.09. The molecule has 0 aliphatic carbocycles. The summed E-state index contributed by atoms with van der Waals surface area (Å²) in [6.45, 7) is 2.19. The molecular weight excluding hydrogens is 260 g/mol. The molecule has 0 atom stereocenters. The fraction of sp³-hybridized carbons (Fsp3) is 0.200. The van der Waals surface area contributed by atoms with E-state index in [-0.39, 0.29) is 5.91 Å². The van der Waals surface area contributed by atoms with Crippen molar-refractivity contribution in [3.05, 3.63) is 32.6 Å². The zero-order chi connectivity index (χ0) is 12.4. The standard InChI is InChI=1S/C10H11ClN4OS/c1-5-4-17-8(7(5)11)10(16)13-2-6-3-14-15-9(6)12/h3-4H,2H2,1H3,(H,13,16)(H3,12,14,15). The van der Waals surface area contributed by atoms with Crippen molar-refractivity contribution in [3.63, 3.8) is 0 Å². The van der Waals surface area contributed by atoms with Crippen LogP contribution >= 0.6 is 22.9 Å². The van der Waals surface area contributed by atoms with Gasteiger partial charge < -0.3 is 11.1 Å². The summed E-state index contributed by atoms with van der Waals surface area (Å²) >= 11 is 7.33. The molecule has 0 bridgehead atoms. The average Bonchev–Trinajstić information content (AvgIpc) is 2.84. The third-order valence-electron chi connectivity index (χ3n) is 2.30. The van der Waals surface area contributed by atoms with E-state index in [1.165, 1.54) is 11.3 Å². The van der Waals surface area contributed by atoms with Gasteiger partial charge in [0.1, 0.15) is 10.7 Å². The van der Waals surface area contributed by atoms with E-state index in [0.29, 0.717) is 22.3 Å². The summed E-state index contributed by atoms with van der Waals surface area (Å²) in [5.74, 6) is 0.257. The number of aromatic amines is 1. The van der Waals surface area contributed by atoms with Gasteiger partial charge in [0.05, 0.1) is 11.2 Å². The van der Waals surface area contributed by atoms with Gasteiger partial charge in [-0.2, -0.15) is 5.10 Å². The van der Waals surface area contributed by atoms with Gasteiger partial charge in [-0.05, 0) is 17.9 Å². The molecule has 90 valence electrons. The number of carbonyl (C=O) groups is 1. The second kappa shape index (κ2) is 4.77. The molecule has 2 rings (SSSR count). The molecule has 5 nitrogen and oxygen atoms in total. The monoisotopic (exact) mass is 270 g/mol. The predicted octanol–water partition coefficient (Wildman–Crippen LogP) is 1.95. The number of carbonyl (C=O) groups excluding carboxylic acids is 1. The maximum absolute atomic E-state index is 11.8. The zero-order valence-corrected chi connectivity index (χ0v) is 10.7. The summed E-state index contributed by atoms with van der Waals surface area (Å²) in [6.07, 6.45) is 1.58. The van der Waals surface area contributed by atoms with E-state index in [4.69, 9.17) is 17.3 Å². The van der Waals surface area contributed by atoms with Crippen molar-refractivity contribution in [2.75, 3.05) is 5.73 Å². The van der Waals surface area contributed by atoms with Gasteiger partial charge in [0.25, 0.3) is 5.91 Å². The number of halogens is 1. The van der Waals surface area contributed by atoms with Crippen LogP contribution in [0.1, 0.15) is 20.8 Å². The van der Waals surface area contributed by atoms with Gasteiger partial charge in [0.15, 0.2) is 0 Å². The fourth-order valence-electron chi connectivity index (χ4n) is 1.30. The molecule has 2 heterocycles. The Morgan fingerprint density at radius 1 is 1.71 bits per heavy atom. The Morgan fingerprint density at radius 3 is 3.00 bits per heavy atom. The number of nitrogens with two attached hydrogens (primary N) is 1. The zero-order valence-electron chi connectivity index (χ0n) is 9.08. The van der Waals surface area contributed by atoms with Crippen LogP contribution in [0, 0.1) is 6.92 Å². The van der Waals surface area contributed by atoms with Crippen molar-refractivity contribution in [2.45, 2.75) is 13.5 Å². The molecule has 0 fully saturated rings. The summed E-state index contributed by atoms with van der Waals surface area (Å²) < 4.78 is 0. The molecule has 1 amide bonds. The van der Waals surface area contributed by atoms with Crippen LogP contribution in [-0.2, 0) is 6.54 Å². The Labute approximate surface area is 107 Å². The molecule has 17 heavy (non-hydrogen) atoms. The number of thiophene rings is 1. The Bertz CT molecular complexity index is 548. The van der Waals surface area contributed by atoms with E-state index in [9.17, 15) is 4.79 Å².